The van der Waals surface area contributed by atoms with Gasteiger partial charge in [-0.2, -0.15) is 0 Å². The van der Waals surface area contributed by atoms with Gasteiger partial charge in [0.2, 0.25) is 6.29 Å². The van der Waals surface area contributed by atoms with Crippen LogP contribution in [-0.2, 0) is 14.2 Å². The Morgan fingerprint density at radius 3 is 1.92 bits per heavy atom. The van der Waals surface area contributed by atoms with Crippen molar-refractivity contribution in [2.24, 2.45) is 0 Å². The summed E-state index contributed by atoms with van der Waals surface area (Å²) in [5.41, 5.74) is 0.559. The van der Waals surface area contributed by atoms with Gasteiger partial charge >= 0.3 is 11.9 Å². The Morgan fingerprint density at radius 2 is 1.33 bits per heavy atom. The van der Waals surface area contributed by atoms with Crippen LogP contribution in [0.25, 0.3) is 0 Å². The Morgan fingerprint density at radius 1 is 0.778 bits per heavy atom. The van der Waals surface area contributed by atoms with E-state index in [9.17, 15) is 19.8 Å². The van der Waals surface area contributed by atoms with Crippen molar-refractivity contribution < 1.29 is 43.5 Å². The number of aliphatic hydroxyl groups excluding tert-OH is 2. The SMILES string of the molecule is COc1ccc(O[C@@H]2OC(COC(=O)c3ccccc3)[C@H](O)[C@H](OC(=O)c3ccccc3)C2O)cc1. The quantitative estimate of drug-likeness (QED) is 0.455. The third-order valence-corrected chi connectivity index (χ3v) is 5.59. The van der Waals surface area contributed by atoms with Crippen molar-refractivity contribution in [3.63, 3.8) is 0 Å². The molecule has 1 heterocycles. The maximum atomic E-state index is 12.7. The number of hydrogen-bond donors (Lipinski definition) is 2. The number of rotatable bonds is 8. The molecule has 0 aliphatic carbocycles. The van der Waals surface area contributed by atoms with Gasteiger partial charge in [-0.25, -0.2) is 9.59 Å². The predicted molar refractivity (Wildman–Crippen MR) is 127 cm³/mol. The number of carbonyl (C=O) groups excluding carboxylic acids is 2. The summed E-state index contributed by atoms with van der Waals surface area (Å²) in [5, 5.41) is 21.8. The Labute approximate surface area is 207 Å². The molecule has 1 aliphatic rings. The van der Waals surface area contributed by atoms with E-state index in [0.29, 0.717) is 17.1 Å². The van der Waals surface area contributed by atoms with Gasteiger partial charge < -0.3 is 33.9 Å². The lowest BCUT2D eigenvalue weighted by atomic mass is 9.98. The Kier molecular flexibility index (Phi) is 8.17. The Hall–Kier alpha value is -3.92. The van der Waals surface area contributed by atoms with E-state index < -0.39 is 42.6 Å². The lowest BCUT2D eigenvalue weighted by Crippen LogP contribution is -2.61. The van der Waals surface area contributed by atoms with E-state index in [-0.39, 0.29) is 12.2 Å². The average molecular weight is 494 g/mol. The van der Waals surface area contributed by atoms with Crippen LogP contribution in [0.1, 0.15) is 20.7 Å². The number of benzene rings is 3. The summed E-state index contributed by atoms with van der Waals surface area (Å²) in [6, 6.07) is 23.0. The predicted octanol–water partition coefficient (Wildman–Crippen LogP) is 2.60. The number of carbonyl (C=O) groups is 2. The van der Waals surface area contributed by atoms with E-state index in [0.717, 1.165) is 0 Å². The number of ether oxygens (including phenoxy) is 5. The van der Waals surface area contributed by atoms with Gasteiger partial charge in [0.05, 0.1) is 18.2 Å². The highest BCUT2D eigenvalue weighted by Gasteiger charge is 2.48. The van der Waals surface area contributed by atoms with E-state index in [1.807, 2.05) is 0 Å². The molecular weight excluding hydrogens is 468 g/mol. The Balaban J connectivity index is 1.51. The fourth-order valence-electron chi connectivity index (χ4n) is 3.65. The van der Waals surface area contributed by atoms with Crippen LogP contribution in [0, 0.1) is 0 Å². The lowest BCUT2D eigenvalue weighted by Gasteiger charge is -2.41. The maximum absolute atomic E-state index is 12.7. The van der Waals surface area contributed by atoms with Gasteiger partial charge in [0, 0.05) is 0 Å². The van der Waals surface area contributed by atoms with Gasteiger partial charge in [-0.1, -0.05) is 36.4 Å². The van der Waals surface area contributed by atoms with E-state index in [1.54, 1.807) is 84.9 Å². The maximum Gasteiger partial charge on any atom is 0.338 e. The van der Waals surface area contributed by atoms with Crippen LogP contribution in [-0.4, -0.2) is 66.6 Å². The van der Waals surface area contributed by atoms with Crippen LogP contribution in [0.3, 0.4) is 0 Å². The van der Waals surface area contributed by atoms with E-state index in [4.69, 9.17) is 23.7 Å². The van der Waals surface area contributed by atoms with Crippen LogP contribution < -0.4 is 9.47 Å². The molecule has 2 N–H and O–H groups in total. The molecule has 3 aromatic rings. The summed E-state index contributed by atoms with van der Waals surface area (Å²) >= 11 is 0. The first-order valence-electron chi connectivity index (χ1n) is 11.3. The van der Waals surface area contributed by atoms with Crippen LogP contribution in [0.5, 0.6) is 11.5 Å². The monoisotopic (exact) mass is 494 g/mol. The van der Waals surface area contributed by atoms with Crippen molar-refractivity contribution in [3.05, 3.63) is 96.1 Å². The highest BCUT2D eigenvalue weighted by atomic mass is 16.7. The van der Waals surface area contributed by atoms with Crippen molar-refractivity contribution in [2.45, 2.75) is 30.7 Å². The summed E-state index contributed by atoms with van der Waals surface area (Å²) in [5.74, 6) is -0.431. The molecule has 3 aromatic carbocycles. The van der Waals surface area contributed by atoms with E-state index in [2.05, 4.69) is 0 Å². The first-order valence-corrected chi connectivity index (χ1v) is 11.3. The van der Waals surface area contributed by atoms with Crippen molar-refractivity contribution in [1.82, 2.24) is 0 Å². The zero-order chi connectivity index (χ0) is 25.5. The largest absolute Gasteiger partial charge is 0.497 e. The third-order valence-electron chi connectivity index (χ3n) is 5.59. The summed E-state index contributed by atoms with van der Waals surface area (Å²) in [7, 11) is 1.53. The molecule has 9 heteroatoms. The van der Waals surface area contributed by atoms with Crippen LogP contribution >= 0.6 is 0 Å². The van der Waals surface area contributed by atoms with Gasteiger partial charge in [-0.3, -0.25) is 0 Å². The van der Waals surface area contributed by atoms with E-state index in [1.165, 1.54) is 7.11 Å². The van der Waals surface area contributed by atoms with Gasteiger partial charge in [0.1, 0.15) is 30.3 Å². The fraction of sp³-hybridized carbons (Fsp3) is 0.259. The van der Waals surface area contributed by atoms with Crippen LogP contribution in [0.4, 0.5) is 0 Å². The van der Waals surface area contributed by atoms with Crippen molar-refractivity contribution in [3.8, 4) is 11.5 Å². The molecule has 1 aliphatic heterocycles. The third kappa shape index (κ3) is 6.01. The molecule has 4 rings (SSSR count). The van der Waals surface area contributed by atoms with Gasteiger partial charge in [-0.05, 0) is 48.5 Å². The fourth-order valence-corrected chi connectivity index (χ4v) is 3.65. The van der Waals surface area contributed by atoms with Gasteiger partial charge in [0.25, 0.3) is 0 Å². The second-order valence-corrected chi connectivity index (χ2v) is 8.02. The molecule has 0 spiro atoms. The van der Waals surface area contributed by atoms with Crippen molar-refractivity contribution in [1.29, 1.82) is 0 Å². The molecule has 1 saturated heterocycles. The first kappa shape index (κ1) is 25.2. The van der Waals surface area contributed by atoms with Crippen molar-refractivity contribution >= 4 is 11.9 Å². The molecule has 0 aromatic heterocycles. The zero-order valence-electron chi connectivity index (χ0n) is 19.4. The number of hydrogen-bond acceptors (Lipinski definition) is 9. The Bertz CT molecular complexity index is 1130. The minimum atomic E-state index is -1.55. The van der Waals surface area contributed by atoms with Gasteiger partial charge in [0.15, 0.2) is 12.2 Å². The summed E-state index contributed by atoms with van der Waals surface area (Å²) in [6.07, 6.45) is -6.97. The van der Waals surface area contributed by atoms with E-state index >= 15 is 0 Å². The summed E-state index contributed by atoms with van der Waals surface area (Å²) in [4.78, 5) is 25.1. The molecule has 36 heavy (non-hydrogen) atoms. The molecule has 9 nitrogen and oxygen atoms in total. The number of methoxy groups -OCH3 is 1. The highest BCUT2D eigenvalue weighted by Crippen LogP contribution is 2.28. The first-order chi connectivity index (χ1) is 17.5. The second-order valence-electron chi connectivity index (χ2n) is 8.02. The molecule has 0 saturated carbocycles. The molecular formula is C27H26O9. The van der Waals surface area contributed by atoms with Crippen molar-refractivity contribution in [2.75, 3.05) is 13.7 Å². The standard InChI is InChI=1S/C27H26O9/c1-32-19-12-14-20(15-13-19)34-27-23(29)24(36-26(31)18-10-6-3-7-11-18)22(28)21(35-27)16-33-25(30)17-8-4-2-5-9-17/h2-15,21-24,27-29H,16H2,1H3/t21?,22-,23?,24-,27+/m0/s1. The second kappa shape index (κ2) is 11.7. The summed E-state index contributed by atoms with van der Waals surface area (Å²) < 4.78 is 27.5. The molecule has 0 radical (unpaired) electrons. The molecule has 2 unspecified atom stereocenters. The van der Waals surface area contributed by atoms with Crippen LogP contribution in [0.2, 0.25) is 0 Å². The molecule has 1 fully saturated rings. The highest BCUT2D eigenvalue weighted by molar-refractivity contribution is 5.89. The molecule has 188 valence electrons. The summed E-state index contributed by atoms with van der Waals surface area (Å²) in [6.45, 7) is -0.372. The minimum absolute atomic E-state index is 0.239. The number of esters is 2. The number of aliphatic hydroxyl groups is 2. The normalized spacial score (nSPS) is 23.4. The molecule has 0 amide bonds. The molecule has 0 bridgehead atoms. The average Bonchev–Trinajstić information content (AvgIpc) is 2.93. The minimum Gasteiger partial charge on any atom is -0.497 e. The lowest BCUT2D eigenvalue weighted by molar-refractivity contribution is -0.276. The molecule has 5 atom stereocenters. The zero-order valence-corrected chi connectivity index (χ0v) is 19.4. The topological polar surface area (TPSA) is 121 Å². The van der Waals surface area contributed by atoms with Gasteiger partial charge in [-0.15, -0.1) is 0 Å². The smallest absolute Gasteiger partial charge is 0.338 e. The van der Waals surface area contributed by atoms with Crippen LogP contribution in [0.15, 0.2) is 84.9 Å².